The van der Waals surface area contributed by atoms with Gasteiger partial charge in [0, 0.05) is 25.7 Å². The van der Waals surface area contributed by atoms with Gasteiger partial charge in [-0.3, -0.25) is 19.4 Å². The molecule has 0 bridgehead atoms. The number of nitrogens with one attached hydrogen (secondary N) is 1. The summed E-state index contributed by atoms with van der Waals surface area (Å²) in [6.45, 7) is 7.64. The second-order valence-electron chi connectivity index (χ2n) is 5.18. The third-order valence-electron chi connectivity index (χ3n) is 3.43. The molecular weight excluding hydrogens is 246 g/mol. The Kier molecular flexibility index (Phi) is 6.80. The molecule has 6 heteroatoms. The van der Waals surface area contributed by atoms with E-state index in [1.54, 1.807) is 0 Å². The van der Waals surface area contributed by atoms with Crippen LogP contribution in [0.1, 0.15) is 26.7 Å². The number of amides is 1. The first-order chi connectivity index (χ1) is 9.01. The lowest BCUT2D eigenvalue weighted by atomic mass is 10.2. The van der Waals surface area contributed by atoms with E-state index < -0.39 is 5.97 Å². The average molecular weight is 271 g/mol. The predicted octanol–water partition coefficient (Wildman–Crippen LogP) is -0.00660. The maximum absolute atomic E-state index is 11.8. The van der Waals surface area contributed by atoms with Gasteiger partial charge in [0.05, 0.1) is 13.1 Å². The molecule has 0 spiro atoms. The molecule has 6 nitrogen and oxygen atoms in total. The fraction of sp³-hybridized carbons (Fsp3) is 0.846. The Bertz CT molecular complexity index is 310. The van der Waals surface area contributed by atoms with Gasteiger partial charge in [-0.25, -0.2) is 0 Å². The molecule has 0 aromatic carbocycles. The van der Waals surface area contributed by atoms with Crippen LogP contribution in [-0.2, 0) is 9.59 Å². The van der Waals surface area contributed by atoms with Crippen molar-refractivity contribution in [1.82, 2.24) is 15.1 Å². The molecule has 1 amide bonds. The number of rotatable bonds is 6. The minimum absolute atomic E-state index is 0.0565. The van der Waals surface area contributed by atoms with Crippen LogP contribution in [0.15, 0.2) is 0 Å². The first kappa shape index (κ1) is 15.9. The molecule has 1 saturated heterocycles. The zero-order valence-corrected chi connectivity index (χ0v) is 11.9. The second-order valence-corrected chi connectivity index (χ2v) is 5.18. The van der Waals surface area contributed by atoms with Crippen LogP contribution in [-0.4, -0.2) is 72.1 Å². The van der Waals surface area contributed by atoms with E-state index in [4.69, 9.17) is 5.11 Å². The molecule has 2 N–H and O–H groups in total. The maximum Gasteiger partial charge on any atom is 0.317 e. The van der Waals surface area contributed by atoms with Crippen LogP contribution in [0, 0.1) is 0 Å². The largest absolute Gasteiger partial charge is 0.480 e. The van der Waals surface area contributed by atoms with Crippen molar-refractivity contribution in [2.75, 3.05) is 39.3 Å². The molecular formula is C13H25N3O3. The van der Waals surface area contributed by atoms with Crippen LogP contribution < -0.4 is 5.32 Å². The summed E-state index contributed by atoms with van der Waals surface area (Å²) in [5.74, 6) is -0.732. The summed E-state index contributed by atoms with van der Waals surface area (Å²) in [7, 11) is 0. The van der Waals surface area contributed by atoms with Gasteiger partial charge in [0.1, 0.15) is 0 Å². The van der Waals surface area contributed by atoms with Crippen molar-refractivity contribution in [3.63, 3.8) is 0 Å². The van der Waals surface area contributed by atoms with E-state index in [1.165, 1.54) is 0 Å². The van der Waals surface area contributed by atoms with Crippen LogP contribution in [0.4, 0.5) is 0 Å². The van der Waals surface area contributed by atoms with Crippen molar-refractivity contribution < 1.29 is 14.7 Å². The summed E-state index contributed by atoms with van der Waals surface area (Å²) in [5, 5.41) is 11.7. The van der Waals surface area contributed by atoms with Gasteiger partial charge < -0.3 is 10.4 Å². The lowest BCUT2D eigenvalue weighted by Gasteiger charge is -2.21. The predicted molar refractivity (Wildman–Crippen MR) is 73.0 cm³/mol. The summed E-state index contributed by atoms with van der Waals surface area (Å²) in [6, 6.07) is 0.211. The number of carboxylic acid groups (broad SMARTS) is 1. The van der Waals surface area contributed by atoms with Gasteiger partial charge in [0.15, 0.2) is 0 Å². The molecule has 0 aromatic rings. The van der Waals surface area contributed by atoms with E-state index in [-0.39, 0.29) is 18.5 Å². The molecule has 1 heterocycles. The molecule has 1 unspecified atom stereocenters. The molecule has 110 valence electrons. The standard InChI is InChI=1S/C13H25N3O3/c1-3-11(2)14-12(17)9-15-5-4-6-16(8-7-15)10-13(18)19/h11H,3-10H2,1-2H3,(H,14,17)(H,18,19). The van der Waals surface area contributed by atoms with Crippen LogP contribution in [0.5, 0.6) is 0 Å². The van der Waals surface area contributed by atoms with E-state index in [2.05, 4.69) is 10.2 Å². The average Bonchev–Trinajstić information content (AvgIpc) is 2.54. The van der Waals surface area contributed by atoms with Gasteiger partial charge in [0.25, 0.3) is 0 Å². The van der Waals surface area contributed by atoms with Crippen LogP contribution in [0.25, 0.3) is 0 Å². The Labute approximate surface area is 114 Å². The molecule has 0 aromatic heterocycles. The van der Waals surface area contributed by atoms with E-state index in [9.17, 15) is 9.59 Å². The summed E-state index contributed by atoms with van der Waals surface area (Å²) in [5.41, 5.74) is 0. The lowest BCUT2D eigenvalue weighted by Crippen LogP contribution is -2.42. The van der Waals surface area contributed by atoms with Gasteiger partial charge in [-0.2, -0.15) is 0 Å². The Morgan fingerprint density at radius 3 is 2.26 bits per heavy atom. The fourth-order valence-corrected chi connectivity index (χ4v) is 2.16. The summed E-state index contributed by atoms with van der Waals surface area (Å²) < 4.78 is 0. The zero-order valence-electron chi connectivity index (χ0n) is 11.9. The number of hydrogen-bond acceptors (Lipinski definition) is 4. The first-order valence-electron chi connectivity index (χ1n) is 6.97. The van der Waals surface area contributed by atoms with Crippen LogP contribution in [0.3, 0.4) is 0 Å². The third-order valence-corrected chi connectivity index (χ3v) is 3.43. The van der Waals surface area contributed by atoms with E-state index in [0.29, 0.717) is 13.1 Å². The van der Waals surface area contributed by atoms with Crippen molar-refractivity contribution in [3.8, 4) is 0 Å². The molecule has 1 atom stereocenters. The zero-order chi connectivity index (χ0) is 14.3. The Balaban J connectivity index is 2.32. The summed E-state index contributed by atoms with van der Waals surface area (Å²) in [6.07, 6.45) is 1.84. The minimum Gasteiger partial charge on any atom is -0.480 e. The highest BCUT2D eigenvalue weighted by atomic mass is 16.4. The first-order valence-corrected chi connectivity index (χ1v) is 6.97. The Hall–Kier alpha value is -1.14. The molecule has 1 aliphatic rings. The van der Waals surface area contributed by atoms with Crippen molar-refractivity contribution in [1.29, 1.82) is 0 Å². The number of nitrogens with zero attached hydrogens (tertiary/aromatic N) is 2. The molecule has 1 aliphatic heterocycles. The Morgan fingerprint density at radius 1 is 1.16 bits per heavy atom. The molecule has 0 aliphatic carbocycles. The normalized spacial score (nSPS) is 19.7. The molecule has 0 radical (unpaired) electrons. The van der Waals surface area contributed by atoms with Crippen molar-refractivity contribution in [2.24, 2.45) is 0 Å². The summed E-state index contributed by atoms with van der Waals surface area (Å²) >= 11 is 0. The smallest absolute Gasteiger partial charge is 0.317 e. The number of carbonyl (C=O) groups is 2. The van der Waals surface area contributed by atoms with E-state index >= 15 is 0 Å². The monoisotopic (exact) mass is 271 g/mol. The molecule has 1 rings (SSSR count). The summed E-state index contributed by atoms with van der Waals surface area (Å²) in [4.78, 5) is 26.5. The van der Waals surface area contributed by atoms with Gasteiger partial charge in [-0.15, -0.1) is 0 Å². The third kappa shape index (κ3) is 6.54. The van der Waals surface area contributed by atoms with Crippen LogP contribution in [0.2, 0.25) is 0 Å². The number of aliphatic carboxylic acids is 1. The number of carboxylic acids is 1. The second kappa shape index (κ2) is 8.12. The van der Waals surface area contributed by atoms with Crippen LogP contribution >= 0.6 is 0 Å². The van der Waals surface area contributed by atoms with Crippen molar-refractivity contribution in [3.05, 3.63) is 0 Å². The topological polar surface area (TPSA) is 72.9 Å². The van der Waals surface area contributed by atoms with Gasteiger partial charge in [-0.05, 0) is 26.3 Å². The fourth-order valence-electron chi connectivity index (χ4n) is 2.16. The highest BCUT2D eigenvalue weighted by Crippen LogP contribution is 2.02. The molecule has 0 saturated carbocycles. The highest BCUT2D eigenvalue weighted by Gasteiger charge is 2.18. The minimum atomic E-state index is -0.789. The number of carbonyl (C=O) groups excluding carboxylic acids is 1. The highest BCUT2D eigenvalue weighted by molar-refractivity contribution is 5.78. The van der Waals surface area contributed by atoms with Crippen molar-refractivity contribution >= 4 is 11.9 Å². The van der Waals surface area contributed by atoms with Gasteiger partial charge in [-0.1, -0.05) is 6.92 Å². The number of hydrogen-bond donors (Lipinski definition) is 2. The maximum atomic E-state index is 11.8. The van der Waals surface area contributed by atoms with Gasteiger partial charge in [0.2, 0.25) is 5.91 Å². The molecule has 1 fully saturated rings. The lowest BCUT2D eigenvalue weighted by molar-refractivity contribution is -0.138. The van der Waals surface area contributed by atoms with Crippen molar-refractivity contribution in [2.45, 2.75) is 32.7 Å². The Morgan fingerprint density at radius 2 is 1.74 bits per heavy atom. The van der Waals surface area contributed by atoms with Gasteiger partial charge >= 0.3 is 5.97 Å². The SMILES string of the molecule is CCC(C)NC(=O)CN1CCCN(CC(=O)O)CC1. The molecule has 19 heavy (non-hydrogen) atoms. The van der Waals surface area contributed by atoms with E-state index in [0.717, 1.165) is 32.5 Å². The quantitative estimate of drug-likeness (QED) is 0.711. The van der Waals surface area contributed by atoms with E-state index in [1.807, 2.05) is 18.7 Å².